The van der Waals surface area contributed by atoms with Crippen LogP contribution in [0.15, 0.2) is 22.7 Å². The number of piperidine rings is 1. The Morgan fingerprint density at radius 1 is 1.30 bits per heavy atom. The standard InChI is InChI=1S/C16H24BrN3O.2ClH/c1-11(2)20-8-6-13(7-9-20)19(3)16(21)14-5-4-12(17)10-15(14)18;;/h4-5,10-11,13H,6-9,18H2,1-3H3;2*1H. The molecule has 2 N–H and O–H groups in total. The van der Waals surface area contributed by atoms with Gasteiger partial charge in [0.1, 0.15) is 0 Å². The SMILES string of the molecule is CC(C)N1CCC(N(C)C(=O)c2ccc(Br)cc2N)CC1.Cl.Cl. The Bertz CT molecular complexity index is 520. The second kappa shape index (κ2) is 9.72. The van der Waals surface area contributed by atoms with Crippen molar-refractivity contribution in [1.82, 2.24) is 9.80 Å². The number of anilines is 1. The Hall–Kier alpha value is -0.490. The van der Waals surface area contributed by atoms with E-state index >= 15 is 0 Å². The molecular formula is C16H26BrCl2N3O. The molecule has 0 saturated carbocycles. The van der Waals surface area contributed by atoms with E-state index in [1.54, 1.807) is 12.1 Å². The summed E-state index contributed by atoms with van der Waals surface area (Å²) in [4.78, 5) is 16.9. The minimum Gasteiger partial charge on any atom is -0.398 e. The number of nitrogen functional groups attached to an aromatic ring is 1. The molecule has 0 bridgehead atoms. The molecule has 0 atom stereocenters. The van der Waals surface area contributed by atoms with E-state index in [1.807, 2.05) is 18.0 Å². The highest BCUT2D eigenvalue weighted by Crippen LogP contribution is 2.23. The van der Waals surface area contributed by atoms with Crippen LogP contribution >= 0.6 is 40.7 Å². The van der Waals surface area contributed by atoms with Gasteiger partial charge in [-0.1, -0.05) is 15.9 Å². The van der Waals surface area contributed by atoms with Crippen LogP contribution in [0.4, 0.5) is 5.69 Å². The molecule has 1 aliphatic rings. The van der Waals surface area contributed by atoms with Gasteiger partial charge in [-0.15, -0.1) is 24.8 Å². The van der Waals surface area contributed by atoms with Gasteiger partial charge in [0.2, 0.25) is 0 Å². The van der Waals surface area contributed by atoms with Crippen molar-refractivity contribution in [2.24, 2.45) is 0 Å². The lowest BCUT2D eigenvalue weighted by Gasteiger charge is -2.38. The molecule has 0 unspecified atom stereocenters. The van der Waals surface area contributed by atoms with Crippen LogP contribution in [0.5, 0.6) is 0 Å². The molecule has 1 aliphatic heterocycles. The fraction of sp³-hybridized carbons (Fsp3) is 0.562. The zero-order chi connectivity index (χ0) is 15.6. The number of benzene rings is 1. The zero-order valence-electron chi connectivity index (χ0n) is 13.8. The summed E-state index contributed by atoms with van der Waals surface area (Å²) in [7, 11) is 1.89. The summed E-state index contributed by atoms with van der Waals surface area (Å²) >= 11 is 3.37. The van der Waals surface area contributed by atoms with E-state index in [-0.39, 0.29) is 30.7 Å². The van der Waals surface area contributed by atoms with Crippen molar-refractivity contribution < 1.29 is 4.79 Å². The predicted octanol–water partition coefficient (Wildman–Crippen LogP) is 3.82. The number of hydrogen-bond acceptors (Lipinski definition) is 3. The van der Waals surface area contributed by atoms with Crippen molar-refractivity contribution in [2.45, 2.75) is 38.8 Å². The average molecular weight is 427 g/mol. The number of halogens is 3. The molecule has 0 radical (unpaired) electrons. The lowest BCUT2D eigenvalue weighted by atomic mass is 10.0. The molecule has 1 amide bonds. The van der Waals surface area contributed by atoms with Gasteiger partial charge < -0.3 is 15.5 Å². The number of hydrogen-bond donors (Lipinski definition) is 1. The lowest BCUT2D eigenvalue weighted by Crippen LogP contribution is -2.47. The van der Waals surface area contributed by atoms with Crippen LogP contribution in [-0.2, 0) is 0 Å². The van der Waals surface area contributed by atoms with E-state index in [0.717, 1.165) is 30.4 Å². The smallest absolute Gasteiger partial charge is 0.255 e. The van der Waals surface area contributed by atoms with Crippen LogP contribution in [0.2, 0.25) is 0 Å². The minimum absolute atomic E-state index is 0. The van der Waals surface area contributed by atoms with Gasteiger partial charge in [0.25, 0.3) is 5.91 Å². The van der Waals surface area contributed by atoms with E-state index < -0.39 is 0 Å². The number of nitrogens with zero attached hydrogens (tertiary/aromatic N) is 2. The highest BCUT2D eigenvalue weighted by atomic mass is 79.9. The van der Waals surface area contributed by atoms with Gasteiger partial charge in [-0.05, 0) is 44.9 Å². The minimum atomic E-state index is 0. The number of rotatable bonds is 3. The number of likely N-dealkylation sites (tertiary alicyclic amines) is 1. The van der Waals surface area contributed by atoms with Crippen LogP contribution in [-0.4, -0.2) is 47.9 Å². The van der Waals surface area contributed by atoms with Crippen molar-refractivity contribution in [3.63, 3.8) is 0 Å². The second-order valence-electron chi connectivity index (χ2n) is 6.01. The maximum absolute atomic E-state index is 12.6. The second-order valence-corrected chi connectivity index (χ2v) is 6.92. The first-order valence-electron chi connectivity index (χ1n) is 7.46. The van der Waals surface area contributed by atoms with Crippen molar-refractivity contribution in [3.05, 3.63) is 28.2 Å². The van der Waals surface area contributed by atoms with Gasteiger partial charge in [0.15, 0.2) is 0 Å². The molecule has 1 saturated heterocycles. The molecular weight excluding hydrogens is 401 g/mol. The Labute approximate surface area is 159 Å². The van der Waals surface area contributed by atoms with Crippen LogP contribution < -0.4 is 5.73 Å². The van der Waals surface area contributed by atoms with Gasteiger partial charge in [0, 0.05) is 42.4 Å². The summed E-state index contributed by atoms with van der Waals surface area (Å²) in [6.07, 6.45) is 2.05. The van der Waals surface area contributed by atoms with Crippen molar-refractivity contribution in [2.75, 3.05) is 25.9 Å². The molecule has 1 fully saturated rings. The van der Waals surface area contributed by atoms with E-state index in [0.29, 0.717) is 23.3 Å². The first-order chi connectivity index (χ1) is 9.90. The van der Waals surface area contributed by atoms with E-state index in [4.69, 9.17) is 5.73 Å². The van der Waals surface area contributed by atoms with E-state index in [1.165, 1.54) is 0 Å². The average Bonchev–Trinajstić information content (AvgIpc) is 2.46. The quantitative estimate of drug-likeness (QED) is 0.747. The first-order valence-corrected chi connectivity index (χ1v) is 8.25. The van der Waals surface area contributed by atoms with E-state index in [2.05, 4.69) is 34.7 Å². The fourth-order valence-electron chi connectivity index (χ4n) is 2.87. The Balaban J connectivity index is 0.00000242. The molecule has 23 heavy (non-hydrogen) atoms. The van der Waals surface area contributed by atoms with Crippen LogP contribution in [0.1, 0.15) is 37.0 Å². The van der Waals surface area contributed by atoms with Gasteiger partial charge >= 0.3 is 0 Å². The monoisotopic (exact) mass is 425 g/mol. The molecule has 7 heteroatoms. The molecule has 1 heterocycles. The molecule has 1 aromatic rings. The number of amides is 1. The van der Waals surface area contributed by atoms with Crippen molar-refractivity contribution in [3.8, 4) is 0 Å². The largest absolute Gasteiger partial charge is 0.398 e. The highest BCUT2D eigenvalue weighted by Gasteiger charge is 2.27. The predicted molar refractivity (Wildman–Crippen MR) is 105 cm³/mol. The summed E-state index contributed by atoms with van der Waals surface area (Å²) in [5.74, 6) is 0.0167. The Kier molecular flexibility index (Phi) is 9.51. The summed E-state index contributed by atoms with van der Waals surface area (Å²) in [6, 6.07) is 6.31. The number of carbonyl (C=O) groups excluding carboxylic acids is 1. The van der Waals surface area contributed by atoms with Gasteiger partial charge in [-0.3, -0.25) is 4.79 Å². The number of carbonyl (C=O) groups is 1. The lowest BCUT2D eigenvalue weighted by molar-refractivity contribution is 0.0616. The third kappa shape index (κ3) is 5.52. The first kappa shape index (κ1) is 22.5. The van der Waals surface area contributed by atoms with Gasteiger partial charge in [-0.25, -0.2) is 0 Å². The molecule has 0 aliphatic carbocycles. The molecule has 0 spiro atoms. The van der Waals surface area contributed by atoms with Crippen LogP contribution in [0.3, 0.4) is 0 Å². The van der Waals surface area contributed by atoms with Crippen LogP contribution in [0, 0.1) is 0 Å². The van der Waals surface area contributed by atoms with E-state index in [9.17, 15) is 4.79 Å². The van der Waals surface area contributed by atoms with Crippen LogP contribution in [0.25, 0.3) is 0 Å². The topological polar surface area (TPSA) is 49.6 Å². The summed E-state index contributed by atoms with van der Waals surface area (Å²) < 4.78 is 0.893. The summed E-state index contributed by atoms with van der Waals surface area (Å²) in [6.45, 7) is 6.54. The molecule has 4 nitrogen and oxygen atoms in total. The maximum Gasteiger partial charge on any atom is 0.255 e. The molecule has 2 rings (SSSR count). The summed E-state index contributed by atoms with van der Waals surface area (Å²) in [5.41, 5.74) is 7.08. The van der Waals surface area contributed by atoms with Gasteiger partial charge in [-0.2, -0.15) is 0 Å². The summed E-state index contributed by atoms with van der Waals surface area (Å²) in [5, 5.41) is 0. The normalized spacial score (nSPS) is 15.7. The van der Waals surface area contributed by atoms with Crippen molar-refractivity contribution >= 4 is 52.3 Å². The fourth-order valence-corrected chi connectivity index (χ4v) is 3.25. The third-order valence-electron chi connectivity index (χ3n) is 4.34. The molecule has 0 aromatic heterocycles. The maximum atomic E-state index is 12.6. The zero-order valence-corrected chi connectivity index (χ0v) is 17.0. The molecule has 1 aromatic carbocycles. The Morgan fingerprint density at radius 2 is 1.87 bits per heavy atom. The van der Waals surface area contributed by atoms with Crippen molar-refractivity contribution in [1.29, 1.82) is 0 Å². The van der Waals surface area contributed by atoms with Gasteiger partial charge in [0.05, 0.1) is 5.56 Å². The molecule has 132 valence electrons. The third-order valence-corrected chi connectivity index (χ3v) is 4.83. The highest BCUT2D eigenvalue weighted by molar-refractivity contribution is 9.10. The number of nitrogens with two attached hydrogens (primary N) is 1. The Morgan fingerprint density at radius 3 is 2.35 bits per heavy atom.